The van der Waals surface area contributed by atoms with Crippen LogP contribution in [0.4, 0.5) is 4.39 Å². The summed E-state index contributed by atoms with van der Waals surface area (Å²) >= 11 is 0. The minimum absolute atomic E-state index is 0.00528. The molecule has 1 saturated heterocycles. The number of hydrogen-bond acceptors (Lipinski definition) is 4. The standard InChI is InChI=1S/C21H24FN5O2/c1-13-10-19(25(3)24-13)21(29)26-8-6-15(7-9-26)12-27-14(2)23-18-11-16(22)4-5-17(18)20(27)28/h4-5,10-11,15H,6-9,12H2,1-3H3. The number of aryl methyl sites for hydroxylation is 3. The molecule has 0 bridgehead atoms. The first-order valence-electron chi connectivity index (χ1n) is 9.80. The van der Waals surface area contributed by atoms with Gasteiger partial charge in [-0.1, -0.05) is 0 Å². The van der Waals surface area contributed by atoms with Crippen LogP contribution in [0.25, 0.3) is 10.9 Å². The third-order valence-electron chi connectivity index (χ3n) is 5.67. The first-order chi connectivity index (χ1) is 13.8. The van der Waals surface area contributed by atoms with E-state index in [1.807, 2.05) is 11.8 Å². The van der Waals surface area contributed by atoms with E-state index in [1.165, 1.54) is 18.2 Å². The highest BCUT2D eigenvalue weighted by Gasteiger charge is 2.26. The van der Waals surface area contributed by atoms with Gasteiger partial charge in [-0.3, -0.25) is 18.8 Å². The van der Waals surface area contributed by atoms with E-state index < -0.39 is 5.82 Å². The Morgan fingerprint density at radius 2 is 1.93 bits per heavy atom. The van der Waals surface area contributed by atoms with Crippen molar-refractivity contribution in [3.8, 4) is 0 Å². The number of fused-ring (bicyclic) bond motifs is 1. The van der Waals surface area contributed by atoms with Gasteiger partial charge in [-0.05, 0) is 50.8 Å². The van der Waals surface area contributed by atoms with Crippen LogP contribution in [0.5, 0.6) is 0 Å². The van der Waals surface area contributed by atoms with Gasteiger partial charge >= 0.3 is 0 Å². The maximum absolute atomic E-state index is 13.4. The highest BCUT2D eigenvalue weighted by Crippen LogP contribution is 2.21. The summed E-state index contributed by atoms with van der Waals surface area (Å²) in [6.07, 6.45) is 1.63. The van der Waals surface area contributed by atoms with Crippen LogP contribution in [0.2, 0.25) is 0 Å². The van der Waals surface area contributed by atoms with E-state index in [4.69, 9.17) is 0 Å². The van der Waals surface area contributed by atoms with Crippen LogP contribution in [0.1, 0.15) is 34.8 Å². The quantitative estimate of drug-likeness (QED) is 0.681. The predicted octanol–water partition coefficient (Wildman–Crippen LogP) is 2.44. The normalized spacial score (nSPS) is 15.2. The van der Waals surface area contributed by atoms with Gasteiger partial charge in [-0.15, -0.1) is 0 Å². The Morgan fingerprint density at radius 3 is 2.59 bits per heavy atom. The summed E-state index contributed by atoms with van der Waals surface area (Å²) in [5.41, 5.74) is 1.66. The number of aromatic nitrogens is 4. The molecule has 0 unspecified atom stereocenters. The SMILES string of the molecule is Cc1cc(C(=O)N2CCC(Cn3c(C)nc4cc(F)ccc4c3=O)CC2)n(C)n1. The number of halogens is 1. The minimum atomic E-state index is -0.401. The van der Waals surface area contributed by atoms with Crippen LogP contribution in [0, 0.1) is 25.6 Å². The average molecular weight is 397 g/mol. The molecule has 7 nitrogen and oxygen atoms in total. The fourth-order valence-electron chi connectivity index (χ4n) is 4.07. The molecule has 1 aliphatic rings. The molecular weight excluding hydrogens is 373 g/mol. The van der Waals surface area contributed by atoms with Crippen molar-refractivity contribution in [2.24, 2.45) is 13.0 Å². The molecule has 0 radical (unpaired) electrons. The minimum Gasteiger partial charge on any atom is -0.337 e. The van der Waals surface area contributed by atoms with E-state index in [2.05, 4.69) is 10.1 Å². The van der Waals surface area contributed by atoms with Crippen LogP contribution in [-0.2, 0) is 13.6 Å². The van der Waals surface area contributed by atoms with Gasteiger partial charge in [0, 0.05) is 32.7 Å². The smallest absolute Gasteiger partial charge is 0.272 e. The number of rotatable bonds is 3. The Balaban J connectivity index is 1.47. The first-order valence-corrected chi connectivity index (χ1v) is 9.80. The molecule has 3 aromatic rings. The van der Waals surface area contributed by atoms with Crippen LogP contribution in [0.15, 0.2) is 29.1 Å². The van der Waals surface area contributed by atoms with Gasteiger partial charge in [0.1, 0.15) is 17.3 Å². The highest BCUT2D eigenvalue weighted by atomic mass is 19.1. The van der Waals surface area contributed by atoms with Gasteiger partial charge in [-0.25, -0.2) is 9.37 Å². The fourth-order valence-corrected chi connectivity index (χ4v) is 4.07. The molecule has 1 fully saturated rings. The zero-order chi connectivity index (χ0) is 20.7. The molecule has 152 valence electrons. The van der Waals surface area contributed by atoms with Gasteiger partial charge in [0.05, 0.1) is 16.6 Å². The molecule has 0 N–H and O–H groups in total. The van der Waals surface area contributed by atoms with E-state index in [1.54, 1.807) is 29.3 Å². The van der Waals surface area contributed by atoms with Crippen molar-refractivity contribution in [1.82, 2.24) is 24.2 Å². The third-order valence-corrected chi connectivity index (χ3v) is 5.67. The second-order valence-corrected chi connectivity index (χ2v) is 7.77. The molecule has 1 aromatic carbocycles. The molecule has 2 aromatic heterocycles. The molecule has 8 heteroatoms. The second-order valence-electron chi connectivity index (χ2n) is 7.77. The lowest BCUT2D eigenvalue weighted by molar-refractivity contribution is 0.0671. The van der Waals surface area contributed by atoms with E-state index >= 15 is 0 Å². The van der Waals surface area contributed by atoms with Crippen molar-refractivity contribution >= 4 is 16.8 Å². The fraction of sp³-hybridized carbons (Fsp3) is 0.429. The number of hydrogen-bond donors (Lipinski definition) is 0. The van der Waals surface area contributed by atoms with Crippen molar-refractivity contribution in [2.45, 2.75) is 33.2 Å². The maximum atomic E-state index is 13.4. The lowest BCUT2D eigenvalue weighted by atomic mass is 9.96. The number of amides is 1. The van der Waals surface area contributed by atoms with Gasteiger partial charge in [0.15, 0.2) is 0 Å². The van der Waals surface area contributed by atoms with E-state index in [9.17, 15) is 14.0 Å². The monoisotopic (exact) mass is 397 g/mol. The van der Waals surface area contributed by atoms with Gasteiger partial charge in [0.25, 0.3) is 11.5 Å². The maximum Gasteiger partial charge on any atom is 0.272 e. The summed E-state index contributed by atoms with van der Waals surface area (Å²) in [7, 11) is 1.78. The van der Waals surface area contributed by atoms with Crippen molar-refractivity contribution in [1.29, 1.82) is 0 Å². The number of carbonyl (C=O) groups is 1. The molecule has 4 rings (SSSR count). The Labute approximate surface area is 167 Å². The number of likely N-dealkylation sites (tertiary alicyclic amines) is 1. The second kappa shape index (κ2) is 7.42. The van der Waals surface area contributed by atoms with Crippen molar-refractivity contribution < 1.29 is 9.18 Å². The van der Waals surface area contributed by atoms with Gasteiger partial charge in [0.2, 0.25) is 0 Å². The molecule has 1 aliphatic heterocycles. The van der Waals surface area contributed by atoms with Crippen LogP contribution < -0.4 is 5.56 Å². The molecule has 3 heterocycles. The highest BCUT2D eigenvalue weighted by molar-refractivity contribution is 5.92. The number of nitrogens with zero attached hydrogens (tertiary/aromatic N) is 5. The molecule has 0 saturated carbocycles. The summed E-state index contributed by atoms with van der Waals surface area (Å²) in [6, 6.07) is 5.88. The zero-order valence-electron chi connectivity index (χ0n) is 16.9. The Hall–Kier alpha value is -3.03. The predicted molar refractivity (Wildman–Crippen MR) is 107 cm³/mol. The van der Waals surface area contributed by atoms with E-state index in [0.717, 1.165) is 18.5 Å². The zero-order valence-corrected chi connectivity index (χ0v) is 16.9. The summed E-state index contributed by atoms with van der Waals surface area (Å²) in [5, 5.41) is 4.68. The molecule has 29 heavy (non-hydrogen) atoms. The molecular formula is C21H24FN5O2. The summed E-state index contributed by atoms with van der Waals surface area (Å²) in [4.78, 5) is 31.9. The molecule has 0 spiro atoms. The van der Waals surface area contributed by atoms with Crippen molar-refractivity contribution in [3.05, 3.63) is 57.6 Å². The van der Waals surface area contributed by atoms with Crippen LogP contribution >= 0.6 is 0 Å². The average Bonchev–Trinajstić information content (AvgIpc) is 3.03. The number of carbonyl (C=O) groups excluding carboxylic acids is 1. The number of benzene rings is 1. The van der Waals surface area contributed by atoms with Crippen molar-refractivity contribution in [2.75, 3.05) is 13.1 Å². The topological polar surface area (TPSA) is 73.0 Å². The molecule has 1 amide bonds. The van der Waals surface area contributed by atoms with Crippen LogP contribution in [0.3, 0.4) is 0 Å². The lowest BCUT2D eigenvalue weighted by Gasteiger charge is -2.32. The van der Waals surface area contributed by atoms with E-state index in [0.29, 0.717) is 42.1 Å². The molecule has 0 atom stereocenters. The Morgan fingerprint density at radius 1 is 1.21 bits per heavy atom. The number of piperidine rings is 1. The Bertz CT molecular complexity index is 1140. The summed E-state index contributed by atoms with van der Waals surface area (Å²) in [5.74, 6) is 0.455. The largest absolute Gasteiger partial charge is 0.337 e. The molecule has 0 aliphatic carbocycles. The lowest BCUT2D eigenvalue weighted by Crippen LogP contribution is -2.41. The summed E-state index contributed by atoms with van der Waals surface area (Å²) in [6.45, 7) is 5.49. The van der Waals surface area contributed by atoms with E-state index in [-0.39, 0.29) is 17.4 Å². The van der Waals surface area contributed by atoms with Crippen LogP contribution in [-0.4, -0.2) is 43.2 Å². The van der Waals surface area contributed by atoms with Gasteiger partial charge < -0.3 is 4.90 Å². The Kier molecular flexibility index (Phi) is 4.94. The van der Waals surface area contributed by atoms with Crippen molar-refractivity contribution in [3.63, 3.8) is 0 Å². The summed E-state index contributed by atoms with van der Waals surface area (Å²) < 4.78 is 16.7. The third kappa shape index (κ3) is 3.66. The first kappa shape index (κ1) is 19.3. The van der Waals surface area contributed by atoms with Gasteiger partial charge in [-0.2, -0.15) is 5.10 Å².